The second-order valence-corrected chi connectivity index (χ2v) is 2.95. The van der Waals surface area contributed by atoms with Gasteiger partial charge in [0, 0.05) is 5.92 Å². The van der Waals surface area contributed by atoms with Crippen molar-refractivity contribution >= 4 is 6.98 Å². The summed E-state index contributed by atoms with van der Waals surface area (Å²) in [5, 5.41) is 8.42. The predicted octanol–water partition coefficient (Wildman–Crippen LogP) is -0.373. The van der Waals surface area contributed by atoms with Crippen LogP contribution in [0.2, 0.25) is 0 Å². The Hall–Kier alpha value is 0.721. The molecule has 1 atom stereocenters. The maximum atomic E-state index is 12.1. The summed E-state index contributed by atoms with van der Waals surface area (Å²) in [7, 11) is 0. The molecule has 0 spiro atoms. The van der Waals surface area contributed by atoms with Gasteiger partial charge < -0.3 is 12.9 Å². The summed E-state index contributed by atoms with van der Waals surface area (Å²) in [6.45, 7) is -4.80. The molecule has 0 saturated carbocycles. The number of rotatable bonds is 1. The van der Waals surface area contributed by atoms with Crippen LogP contribution in [0.5, 0.6) is 0 Å². The van der Waals surface area contributed by atoms with Gasteiger partial charge in [0.25, 0.3) is 0 Å². The second-order valence-electron chi connectivity index (χ2n) is 2.95. The standard InChI is InChI=1S/C7H8BF3N.K/c9-8(10,11)7-3-1-6(5-12)2-4-7;/h3,6H,1-2,4H2;/q-1;+1. The van der Waals surface area contributed by atoms with Gasteiger partial charge in [-0.15, -0.1) is 11.5 Å². The molecule has 0 heterocycles. The van der Waals surface area contributed by atoms with Gasteiger partial charge in [-0.25, -0.2) is 0 Å². The molecule has 66 valence electrons. The Bertz CT molecular complexity index is 243. The van der Waals surface area contributed by atoms with Crippen molar-refractivity contribution in [2.75, 3.05) is 0 Å². The third-order valence-electron chi connectivity index (χ3n) is 2.05. The Balaban J connectivity index is 0.00000144. The van der Waals surface area contributed by atoms with Crippen LogP contribution in [0.15, 0.2) is 11.5 Å². The molecule has 6 heteroatoms. The molecule has 1 aliphatic rings. The molecule has 0 aromatic carbocycles. The maximum Gasteiger partial charge on any atom is 1.00 e. The van der Waals surface area contributed by atoms with Gasteiger partial charge in [-0.2, -0.15) is 5.26 Å². The fourth-order valence-corrected chi connectivity index (χ4v) is 1.27. The SMILES string of the molecule is N#CC1CC=C([B-](F)(F)F)CC1.[K+]. The van der Waals surface area contributed by atoms with E-state index in [0.717, 1.165) is 6.08 Å². The number of hydrogen-bond acceptors (Lipinski definition) is 1. The summed E-state index contributed by atoms with van der Waals surface area (Å²) < 4.78 is 36.3. The number of allylic oxidation sites excluding steroid dienone is 2. The first-order valence-electron chi connectivity index (χ1n) is 3.82. The van der Waals surface area contributed by atoms with E-state index >= 15 is 0 Å². The fraction of sp³-hybridized carbons (Fsp3) is 0.571. The Morgan fingerprint density at radius 2 is 2.08 bits per heavy atom. The molecule has 0 aromatic rings. The van der Waals surface area contributed by atoms with Crippen molar-refractivity contribution in [3.8, 4) is 6.07 Å². The minimum absolute atomic E-state index is 0. The van der Waals surface area contributed by atoms with E-state index in [9.17, 15) is 12.9 Å². The molecule has 0 radical (unpaired) electrons. The van der Waals surface area contributed by atoms with Gasteiger partial charge in [-0.05, 0) is 12.8 Å². The Morgan fingerprint density at radius 3 is 2.38 bits per heavy atom. The second kappa shape index (κ2) is 5.57. The van der Waals surface area contributed by atoms with E-state index in [-0.39, 0.29) is 70.1 Å². The average Bonchev–Trinajstić information content (AvgIpc) is 2.03. The number of hydrogen-bond donors (Lipinski definition) is 0. The Kier molecular flexibility index (Phi) is 5.87. The minimum atomic E-state index is -4.80. The Morgan fingerprint density at radius 1 is 1.46 bits per heavy atom. The third kappa shape index (κ3) is 4.17. The molecular formula is C7H8BF3KN. The number of nitrogens with zero attached hydrogens (tertiary/aromatic N) is 1. The van der Waals surface area contributed by atoms with Gasteiger partial charge in [-0.3, -0.25) is 0 Å². The molecule has 0 amide bonds. The molecule has 1 unspecified atom stereocenters. The van der Waals surface area contributed by atoms with Gasteiger partial charge in [0.05, 0.1) is 6.07 Å². The zero-order valence-electron chi connectivity index (χ0n) is 7.43. The monoisotopic (exact) mass is 213 g/mol. The van der Waals surface area contributed by atoms with Gasteiger partial charge in [0.1, 0.15) is 0 Å². The van der Waals surface area contributed by atoms with Crippen molar-refractivity contribution in [1.29, 1.82) is 5.26 Å². The summed E-state index contributed by atoms with van der Waals surface area (Å²) in [5.74, 6) is -0.216. The number of halogens is 3. The van der Waals surface area contributed by atoms with E-state index in [1.807, 2.05) is 6.07 Å². The van der Waals surface area contributed by atoms with Crippen molar-refractivity contribution in [3.63, 3.8) is 0 Å². The molecule has 1 aliphatic carbocycles. The van der Waals surface area contributed by atoms with Crippen LogP contribution in [0.1, 0.15) is 19.3 Å². The molecule has 1 nitrogen and oxygen atoms in total. The average molecular weight is 213 g/mol. The summed E-state index contributed by atoms with van der Waals surface area (Å²) in [6, 6.07) is 1.97. The topological polar surface area (TPSA) is 23.8 Å². The molecule has 0 aromatic heterocycles. The Labute approximate surface area is 118 Å². The van der Waals surface area contributed by atoms with Crippen LogP contribution in [0, 0.1) is 17.2 Å². The zero-order chi connectivity index (χ0) is 9.19. The predicted molar refractivity (Wildman–Crippen MR) is 40.1 cm³/mol. The van der Waals surface area contributed by atoms with Crippen LogP contribution < -0.4 is 51.4 Å². The molecular weight excluding hydrogens is 205 g/mol. The van der Waals surface area contributed by atoms with Crippen LogP contribution in [-0.4, -0.2) is 6.98 Å². The maximum absolute atomic E-state index is 12.1. The van der Waals surface area contributed by atoms with Gasteiger partial charge >= 0.3 is 58.4 Å². The van der Waals surface area contributed by atoms with Crippen LogP contribution in [-0.2, 0) is 0 Å². The minimum Gasteiger partial charge on any atom is -0.445 e. The van der Waals surface area contributed by atoms with Crippen molar-refractivity contribution < 1.29 is 64.3 Å². The summed E-state index contributed by atoms with van der Waals surface area (Å²) in [5.41, 5.74) is -0.415. The van der Waals surface area contributed by atoms with Gasteiger partial charge in [0.2, 0.25) is 0 Å². The van der Waals surface area contributed by atoms with Gasteiger partial charge in [0.15, 0.2) is 0 Å². The van der Waals surface area contributed by atoms with Crippen LogP contribution in [0.4, 0.5) is 12.9 Å². The van der Waals surface area contributed by atoms with Crippen molar-refractivity contribution in [3.05, 3.63) is 11.5 Å². The van der Waals surface area contributed by atoms with E-state index in [1.54, 1.807) is 0 Å². The van der Waals surface area contributed by atoms with Crippen LogP contribution in [0.25, 0.3) is 0 Å². The van der Waals surface area contributed by atoms with E-state index < -0.39 is 12.4 Å². The van der Waals surface area contributed by atoms with E-state index in [0.29, 0.717) is 6.42 Å². The first-order chi connectivity index (χ1) is 5.54. The van der Waals surface area contributed by atoms with Crippen molar-refractivity contribution in [2.45, 2.75) is 19.3 Å². The van der Waals surface area contributed by atoms with Gasteiger partial charge in [-0.1, -0.05) is 6.42 Å². The molecule has 0 N–H and O–H groups in total. The van der Waals surface area contributed by atoms with Crippen molar-refractivity contribution in [1.82, 2.24) is 0 Å². The molecule has 0 aliphatic heterocycles. The fourth-order valence-electron chi connectivity index (χ4n) is 1.27. The summed E-state index contributed by atoms with van der Waals surface area (Å²) >= 11 is 0. The zero-order valence-corrected chi connectivity index (χ0v) is 10.6. The largest absolute Gasteiger partial charge is 1.00 e. The quantitative estimate of drug-likeness (QED) is 0.545. The summed E-state index contributed by atoms with van der Waals surface area (Å²) in [4.78, 5) is 0. The van der Waals surface area contributed by atoms with E-state index in [2.05, 4.69) is 0 Å². The normalized spacial score (nSPS) is 22.6. The van der Waals surface area contributed by atoms with E-state index in [1.165, 1.54) is 0 Å². The number of nitriles is 1. The molecule has 13 heavy (non-hydrogen) atoms. The molecule has 0 bridgehead atoms. The molecule has 0 saturated heterocycles. The smallest absolute Gasteiger partial charge is 0.445 e. The molecule has 1 rings (SSSR count). The first kappa shape index (κ1) is 13.7. The van der Waals surface area contributed by atoms with Crippen LogP contribution in [0.3, 0.4) is 0 Å². The van der Waals surface area contributed by atoms with E-state index in [4.69, 9.17) is 5.26 Å². The molecule has 0 fully saturated rings. The first-order valence-corrected chi connectivity index (χ1v) is 3.82. The third-order valence-corrected chi connectivity index (χ3v) is 2.05. The summed E-state index contributed by atoms with van der Waals surface area (Å²) in [6.07, 6.45) is 1.79. The van der Waals surface area contributed by atoms with Crippen LogP contribution >= 0.6 is 0 Å². The van der Waals surface area contributed by atoms with Crippen molar-refractivity contribution in [2.24, 2.45) is 5.92 Å².